The van der Waals surface area contributed by atoms with Gasteiger partial charge in [0.05, 0.1) is 22.5 Å². The molecule has 0 radical (unpaired) electrons. The Morgan fingerprint density at radius 1 is 1.17 bits per heavy atom. The van der Waals surface area contributed by atoms with Gasteiger partial charge in [-0.05, 0) is 44.2 Å². The summed E-state index contributed by atoms with van der Waals surface area (Å²) in [7, 11) is -3.92. The molecule has 1 aromatic heterocycles. The van der Waals surface area contributed by atoms with E-state index in [4.69, 9.17) is 11.6 Å². The number of sulfonamides is 1. The molecule has 0 atom stereocenters. The average Bonchev–Trinajstić information content (AvgIpc) is 3.20. The van der Waals surface area contributed by atoms with Gasteiger partial charge in [0.25, 0.3) is 15.9 Å². The number of carbonyl (C=O) groups is 1. The Bertz CT molecular complexity index is 1110. The monoisotopic (exact) mass is 432 g/mol. The van der Waals surface area contributed by atoms with E-state index in [1.807, 2.05) is 13.0 Å². The molecule has 1 N–H and O–H groups in total. The highest BCUT2D eigenvalue weighted by Gasteiger charge is 2.26. The second-order valence-corrected chi connectivity index (χ2v) is 8.43. The number of para-hydroxylation sites is 1. The van der Waals surface area contributed by atoms with E-state index in [9.17, 15) is 13.2 Å². The number of anilines is 2. The lowest BCUT2D eigenvalue weighted by Gasteiger charge is -2.23. The molecular weight excluding hydrogens is 412 g/mol. The molecule has 0 saturated carbocycles. The molecule has 3 rings (SSSR count). The number of aryl methyl sites for hydroxylation is 1. The molecule has 3 aromatic rings. The van der Waals surface area contributed by atoms with Crippen LogP contribution in [-0.4, -0.2) is 30.7 Å². The fourth-order valence-corrected chi connectivity index (χ4v) is 4.82. The number of rotatable bonds is 7. The topological polar surface area (TPSA) is 84.3 Å². The van der Waals surface area contributed by atoms with E-state index in [0.717, 1.165) is 0 Å². The van der Waals surface area contributed by atoms with Crippen LogP contribution in [0.3, 0.4) is 0 Å². The summed E-state index contributed by atoms with van der Waals surface area (Å²) >= 11 is 6.21. The third-order valence-corrected chi connectivity index (χ3v) is 6.69. The number of halogens is 1. The Kier molecular flexibility index (Phi) is 6.24. The van der Waals surface area contributed by atoms with Gasteiger partial charge in [-0.2, -0.15) is 5.10 Å². The molecule has 0 spiro atoms. The normalized spacial score (nSPS) is 11.3. The lowest BCUT2D eigenvalue weighted by molar-refractivity contribution is 0.102. The van der Waals surface area contributed by atoms with E-state index in [-0.39, 0.29) is 22.4 Å². The highest BCUT2D eigenvalue weighted by molar-refractivity contribution is 7.93. The van der Waals surface area contributed by atoms with Gasteiger partial charge in [-0.1, -0.05) is 29.8 Å². The second kappa shape index (κ2) is 8.67. The van der Waals surface area contributed by atoms with Crippen molar-refractivity contribution in [1.29, 1.82) is 0 Å². The van der Waals surface area contributed by atoms with Crippen molar-refractivity contribution in [2.45, 2.75) is 25.3 Å². The molecule has 7 nitrogen and oxygen atoms in total. The fraction of sp³-hybridized carbons (Fsp3) is 0.200. The van der Waals surface area contributed by atoms with Crippen LogP contribution in [0.15, 0.2) is 65.8 Å². The maximum Gasteiger partial charge on any atom is 0.265 e. The van der Waals surface area contributed by atoms with Gasteiger partial charge in [-0.25, -0.2) is 8.42 Å². The Labute approximate surface area is 175 Å². The lowest BCUT2D eigenvalue weighted by Crippen LogP contribution is -2.31. The SMILES string of the molecule is CCN(c1ccccc1)S(=O)(=O)c1cc(NC(=O)c2cnn(CC)c2)ccc1Cl. The van der Waals surface area contributed by atoms with Gasteiger partial charge in [0.2, 0.25) is 0 Å². The van der Waals surface area contributed by atoms with Crippen molar-refractivity contribution in [3.8, 4) is 0 Å². The molecule has 0 fully saturated rings. The molecular formula is C20H21ClN4O3S. The van der Waals surface area contributed by atoms with Crippen molar-refractivity contribution in [3.63, 3.8) is 0 Å². The second-order valence-electron chi connectivity index (χ2n) is 6.19. The number of nitrogens with one attached hydrogen (secondary N) is 1. The number of hydrogen-bond acceptors (Lipinski definition) is 4. The van der Waals surface area contributed by atoms with Crippen LogP contribution in [0.2, 0.25) is 5.02 Å². The summed E-state index contributed by atoms with van der Waals surface area (Å²) in [5, 5.41) is 6.85. The number of aromatic nitrogens is 2. The quantitative estimate of drug-likeness (QED) is 0.611. The van der Waals surface area contributed by atoms with Crippen LogP contribution in [0.4, 0.5) is 11.4 Å². The molecule has 0 unspecified atom stereocenters. The maximum atomic E-state index is 13.3. The van der Waals surface area contributed by atoms with Gasteiger partial charge in [-0.15, -0.1) is 0 Å². The van der Waals surface area contributed by atoms with Gasteiger partial charge in [0.15, 0.2) is 0 Å². The number of hydrogen-bond donors (Lipinski definition) is 1. The molecule has 9 heteroatoms. The van der Waals surface area contributed by atoms with E-state index >= 15 is 0 Å². The van der Waals surface area contributed by atoms with Gasteiger partial charge >= 0.3 is 0 Å². The summed E-state index contributed by atoms with van der Waals surface area (Å²) in [4.78, 5) is 12.4. The van der Waals surface area contributed by atoms with Crippen molar-refractivity contribution >= 4 is 38.9 Å². The van der Waals surface area contributed by atoms with Crippen molar-refractivity contribution in [1.82, 2.24) is 9.78 Å². The summed E-state index contributed by atoms with van der Waals surface area (Å²) in [6, 6.07) is 13.2. The van der Waals surface area contributed by atoms with Gasteiger partial charge < -0.3 is 5.32 Å². The first-order valence-corrected chi connectivity index (χ1v) is 10.9. The lowest BCUT2D eigenvalue weighted by atomic mass is 10.3. The zero-order valence-corrected chi connectivity index (χ0v) is 17.6. The molecule has 1 amide bonds. The third kappa shape index (κ3) is 4.44. The first kappa shape index (κ1) is 20.9. The van der Waals surface area contributed by atoms with Crippen LogP contribution < -0.4 is 9.62 Å². The fourth-order valence-electron chi connectivity index (χ4n) is 2.84. The Morgan fingerprint density at radius 2 is 1.90 bits per heavy atom. The predicted octanol–water partition coefficient (Wildman–Crippen LogP) is 4.02. The van der Waals surface area contributed by atoms with E-state index in [0.29, 0.717) is 23.5 Å². The highest BCUT2D eigenvalue weighted by atomic mass is 35.5. The maximum absolute atomic E-state index is 13.3. The summed E-state index contributed by atoms with van der Waals surface area (Å²) < 4.78 is 29.4. The minimum Gasteiger partial charge on any atom is -0.322 e. The van der Waals surface area contributed by atoms with E-state index in [1.165, 1.54) is 22.6 Å². The third-order valence-electron chi connectivity index (χ3n) is 4.31. The molecule has 152 valence electrons. The van der Waals surface area contributed by atoms with Crippen LogP contribution in [0.1, 0.15) is 24.2 Å². The van der Waals surface area contributed by atoms with Crippen molar-refractivity contribution in [3.05, 3.63) is 71.5 Å². The van der Waals surface area contributed by atoms with Gasteiger partial charge in [0, 0.05) is 25.0 Å². The Balaban J connectivity index is 1.92. The standard InChI is InChI=1S/C20H21ClN4O3S/c1-3-24-14-15(13-22-24)20(26)23-16-10-11-18(21)19(12-16)29(27,28)25(4-2)17-8-6-5-7-9-17/h5-14H,3-4H2,1-2H3,(H,23,26). The highest BCUT2D eigenvalue weighted by Crippen LogP contribution is 2.30. The minimum atomic E-state index is -3.92. The number of carbonyl (C=O) groups excluding carboxylic acids is 1. The van der Waals surface area contributed by atoms with Crippen LogP contribution in [0, 0.1) is 0 Å². The molecule has 1 heterocycles. The minimum absolute atomic E-state index is 0.0769. The zero-order chi connectivity index (χ0) is 21.0. The van der Waals surface area contributed by atoms with Crippen molar-refractivity contribution in [2.75, 3.05) is 16.2 Å². The first-order chi connectivity index (χ1) is 13.9. The van der Waals surface area contributed by atoms with Crippen molar-refractivity contribution in [2.24, 2.45) is 0 Å². The van der Waals surface area contributed by atoms with Crippen LogP contribution in [-0.2, 0) is 16.6 Å². The summed E-state index contributed by atoms with van der Waals surface area (Å²) in [5.74, 6) is -0.384. The first-order valence-electron chi connectivity index (χ1n) is 9.08. The molecule has 0 bridgehead atoms. The van der Waals surface area contributed by atoms with Crippen LogP contribution >= 0.6 is 11.6 Å². The van der Waals surface area contributed by atoms with Gasteiger partial charge in [0.1, 0.15) is 4.90 Å². The summed E-state index contributed by atoms with van der Waals surface area (Å²) in [5.41, 5.74) is 1.24. The molecule has 2 aromatic carbocycles. The largest absolute Gasteiger partial charge is 0.322 e. The molecule has 0 saturated heterocycles. The average molecular weight is 433 g/mol. The van der Waals surface area contributed by atoms with E-state index in [1.54, 1.807) is 48.1 Å². The molecule has 29 heavy (non-hydrogen) atoms. The number of benzene rings is 2. The van der Waals surface area contributed by atoms with Gasteiger partial charge in [-0.3, -0.25) is 13.8 Å². The smallest absolute Gasteiger partial charge is 0.265 e. The Morgan fingerprint density at radius 3 is 2.52 bits per heavy atom. The van der Waals surface area contributed by atoms with Crippen molar-refractivity contribution < 1.29 is 13.2 Å². The zero-order valence-electron chi connectivity index (χ0n) is 16.0. The number of nitrogens with zero attached hydrogens (tertiary/aromatic N) is 3. The molecule has 0 aliphatic rings. The van der Waals surface area contributed by atoms with Crippen LogP contribution in [0.25, 0.3) is 0 Å². The summed E-state index contributed by atoms with van der Waals surface area (Å²) in [6.07, 6.45) is 3.08. The number of amides is 1. The Hall–Kier alpha value is -2.84. The molecule has 0 aliphatic carbocycles. The van der Waals surface area contributed by atoms with E-state index in [2.05, 4.69) is 10.4 Å². The van der Waals surface area contributed by atoms with Crippen LogP contribution in [0.5, 0.6) is 0 Å². The summed E-state index contributed by atoms with van der Waals surface area (Å²) in [6.45, 7) is 4.53. The molecule has 0 aliphatic heterocycles. The van der Waals surface area contributed by atoms with E-state index < -0.39 is 10.0 Å². The predicted molar refractivity (Wildman–Crippen MR) is 114 cm³/mol.